The van der Waals surface area contributed by atoms with Crippen molar-refractivity contribution in [1.29, 1.82) is 0 Å². The van der Waals surface area contributed by atoms with Crippen molar-refractivity contribution < 1.29 is 14.6 Å². The number of aliphatic hydroxyl groups excluding tert-OH is 1. The molecule has 0 aliphatic carbocycles. The highest BCUT2D eigenvalue weighted by molar-refractivity contribution is 7.09. The summed E-state index contributed by atoms with van der Waals surface area (Å²) in [5.74, 6) is 0. The Kier molecular flexibility index (Phi) is 8.41. The molecule has 0 saturated heterocycles. The van der Waals surface area contributed by atoms with Gasteiger partial charge in [-0.15, -0.1) is 11.3 Å². The number of carbonyl (C=O) groups excluding carboxylic acids is 1. The molecule has 2 atom stereocenters. The minimum Gasteiger partial charge on any atom is -0.444 e. The highest BCUT2D eigenvalue weighted by Crippen LogP contribution is 2.27. The number of hydrogen-bond acceptors (Lipinski definition) is 5. The number of aliphatic hydroxyl groups is 1. The van der Waals surface area contributed by atoms with Crippen LogP contribution in [-0.2, 0) is 17.8 Å². The summed E-state index contributed by atoms with van der Waals surface area (Å²) in [7, 11) is 1.73. The molecule has 2 aromatic carbocycles. The second-order valence-electron chi connectivity index (χ2n) is 7.33. The minimum absolute atomic E-state index is 0.203. The molecule has 0 radical (unpaired) electrons. The van der Waals surface area contributed by atoms with Gasteiger partial charge in [-0.3, -0.25) is 4.98 Å². The van der Waals surface area contributed by atoms with E-state index in [1.807, 2.05) is 48.5 Å². The fraction of sp³-hybridized carbons (Fsp3) is 0.333. The molecule has 158 valence electrons. The Bertz CT molecular complexity index is 872. The first-order chi connectivity index (χ1) is 14.6. The van der Waals surface area contributed by atoms with E-state index in [1.165, 1.54) is 16.9 Å². The Morgan fingerprint density at radius 3 is 2.50 bits per heavy atom. The summed E-state index contributed by atoms with van der Waals surface area (Å²) in [6.07, 6.45) is 3.76. The number of aryl methyl sites for hydroxylation is 1. The predicted octanol–water partition coefficient (Wildman–Crippen LogP) is 5.23. The van der Waals surface area contributed by atoms with Crippen molar-refractivity contribution in [3.05, 3.63) is 88.4 Å². The van der Waals surface area contributed by atoms with Gasteiger partial charge in [0.1, 0.15) is 6.61 Å². The minimum atomic E-state index is -0.504. The Morgan fingerprint density at radius 1 is 1.13 bits per heavy atom. The molecule has 3 rings (SSSR count). The first kappa shape index (κ1) is 22.0. The molecule has 30 heavy (non-hydrogen) atoms. The van der Waals surface area contributed by atoms with Crippen molar-refractivity contribution >= 4 is 17.4 Å². The number of carbonyl (C=O) groups is 1. The van der Waals surface area contributed by atoms with E-state index in [2.05, 4.69) is 17.1 Å². The van der Waals surface area contributed by atoms with Crippen LogP contribution in [0.2, 0.25) is 0 Å². The molecule has 1 aromatic heterocycles. The smallest absolute Gasteiger partial charge is 0.410 e. The number of benzene rings is 2. The molecule has 6 heteroatoms. The summed E-state index contributed by atoms with van der Waals surface area (Å²) in [4.78, 5) is 19.1. The summed E-state index contributed by atoms with van der Waals surface area (Å²) in [6, 6.07) is 19.8. The Hall–Kier alpha value is -2.70. The zero-order valence-corrected chi connectivity index (χ0v) is 18.0. The van der Waals surface area contributed by atoms with Gasteiger partial charge < -0.3 is 14.7 Å². The molecule has 5 nitrogen and oxygen atoms in total. The lowest BCUT2D eigenvalue weighted by atomic mass is 9.96. The van der Waals surface area contributed by atoms with Crippen molar-refractivity contribution in [2.24, 2.45) is 0 Å². The molecule has 2 unspecified atom stereocenters. The zero-order chi connectivity index (χ0) is 21.2. The molecule has 1 amide bonds. The number of nitrogens with zero attached hydrogens (tertiary/aromatic N) is 2. The molecule has 0 bridgehead atoms. The van der Waals surface area contributed by atoms with Gasteiger partial charge in [0, 0.05) is 13.2 Å². The van der Waals surface area contributed by atoms with Crippen molar-refractivity contribution in [3.63, 3.8) is 0 Å². The highest BCUT2D eigenvalue weighted by atomic mass is 32.1. The van der Waals surface area contributed by atoms with Crippen LogP contribution in [0, 0.1) is 0 Å². The number of aromatic nitrogens is 1. The molecular formula is C24H28N2O3S. The molecular weight excluding hydrogens is 396 g/mol. The molecule has 1 heterocycles. The van der Waals surface area contributed by atoms with Crippen molar-refractivity contribution in [2.45, 2.75) is 44.4 Å². The van der Waals surface area contributed by atoms with Gasteiger partial charge in [0.15, 0.2) is 0 Å². The van der Waals surface area contributed by atoms with E-state index in [0.29, 0.717) is 12.8 Å². The molecule has 0 aliphatic rings. The van der Waals surface area contributed by atoms with Gasteiger partial charge >= 0.3 is 6.09 Å². The van der Waals surface area contributed by atoms with Crippen molar-refractivity contribution in [1.82, 2.24) is 9.88 Å². The maximum atomic E-state index is 12.6. The van der Waals surface area contributed by atoms with E-state index in [4.69, 9.17) is 4.74 Å². The van der Waals surface area contributed by atoms with Crippen LogP contribution in [0.25, 0.3) is 0 Å². The Labute approximate surface area is 182 Å². The van der Waals surface area contributed by atoms with E-state index in [1.54, 1.807) is 23.7 Å². The van der Waals surface area contributed by atoms with E-state index >= 15 is 0 Å². The summed E-state index contributed by atoms with van der Waals surface area (Å²) in [5.41, 5.74) is 3.97. The summed E-state index contributed by atoms with van der Waals surface area (Å²) >= 11 is 1.45. The number of ether oxygens (including phenoxy) is 1. The quantitative estimate of drug-likeness (QED) is 0.484. The first-order valence-corrected chi connectivity index (χ1v) is 11.1. The van der Waals surface area contributed by atoms with Gasteiger partial charge in [0.25, 0.3) is 0 Å². The van der Waals surface area contributed by atoms with Crippen LogP contribution in [0.3, 0.4) is 0 Å². The highest BCUT2D eigenvalue weighted by Gasteiger charge is 2.25. The Balaban J connectivity index is 1.58. The van der Waals surface area contributed by atoms with E-state index in [-0.39, 0.29) is 12.6 Å². The van der Waals surface area contributed by atoms with Crippen LogP contribution in [0.1, 0.15) is 41.3 Å². The largest absolute Gasteiger partial charge is 0.444 e. The third kappa shape index (κ3) is 6.68. The lowest BCUT2D eigenvalue weighted by molar-refractivity contribution is 0.0706. The summed E-state index contributed by atoms with van der Waals surface area (Å²) in [5, 5.41) is 10.7. The van der Waals surface area contributed by atoms with Gasteiger partial charge in [-0.25, -0.2) is 4.79 Å². The van der Waals surface area contributed by atoms with Crippen LogP contribution in [0.5, 0.6) is 0 Å². The second-order valence-corrected chi connectivity index (χ2v) is 8.30. The number of thiazole rings is 1. The van der Waals surface area contributed by atoms with Crippen LogP contribution >= 0.6 is 11.3 Å². The summed E-state index contributed by atoms with van der Waals surface area (Å²) < 4.78 is 5.45. The van der Waals surface area contributed by atoms with Gasteiger partial charge in [0.05, 0.1) is 22.5 Å². The predicted molar refractivity (Wildman–Crippen MR) is 119 cm³/mol. The number of hydrogen-bond donors (Lipinski definition) is 1. The molecule has 0 fully saturated rings. The van der Waals surface area contributed by atoms with Crippen LogP contribution < -0.4 is 0 Å². The first-order valence-electron chi connectivity index (χ1n) is 10.2. The third-order valence-electron chi connectivity index (χ3n) is 5.10. The second kappa shape index (κ2) is 11.5. The molecule has 3 aromatic rings. The fourth-order valence-corrected chi connectivity index (χ4v) is 3.94. The molecule has 0 saturated carbocycles. The topological polar surface area (TPSA) is 62.7 Å². The van der Waals surface area contributed by atoms with E-state index in [9.17, 15) is 9.90 Å². The molecule has 0 spiro atoms. The van der Waals surface area contributed by atoms with Gasteiger partial charge in [0.2, 0.25) is 0 Å². The third-order valence-corrected chi connectivity index (χ3v) is 5.86. The maximum Gasteiger partial charge on any atom is 0.410 e. The number of rotatable bonds is 10. The average Bonchev–Trinajstić information content (AvgIpc) is 3.30. The van der Waals surface area contributed by atoms with E-state index < -0.39 is 12.2 Å². The normalized spacial score (nSPS) is 12.9. The maximum absolute atomic E-state index is 12.6. The molecule has 1 N–H and O–H groups in total. The van der Waals surface area contributed by atoms with Crippen LogP contribution in [0.15, 0.2) is 72.4 Å². The van der Waals surface area contributed by atoms with Crippen molar-refractivity contribution in [2.75, 3.05) is 7.05 Å². The van der Waals surface area contributed by atoms with Gasteiger partial charge in [-0.2, -0.15) is 0 Å². The molecule has 0 aliphatic heterocycles. The zero-order valence-electron chi connectivity index (χ0n) is 17.2. The fourth-order valence-electron chi connectivity index (χ4n) is 3.43. The SMILES string of the molecule is CN(C(=O)OCc1cncs1)C(CC(O)CCCc1ccccc1)c1ccccc1. The standard InChI is InChI=1S/C24H28N2O3S/c1-26(24(28)29-17-22-16-25-18-30-22)23(20-12-6-3-7-13-20)15-21(27)14-8-11-19-9-4-2-5-10-19/h2-7,9-10,12-13,16,18,21,23,27H,8,11,14-15,17H2,1H3. The van der Waals surface area contributed by atoms with Crippen molar-refractivity contribution in [3.8, 4) is 0 Å². The number of amides is 1. The monoisotopic (exact) mass is 424 g/mol. The lowest BCUT2D eigenvalue weighted by Crippen LogP contribution is -2.34. The van der Waals surface area contributed by atoms with Gasteiger partial charge in [-0.05, 0) is 36.8 Å². The Morgan fingerprint density at radius 2 is 1.83 bits per heavy atom. The summed E-state index contributed by atoms with van der Waals surface area (Å²) in [6.45, 7) is 0.203. The average molecular weight is 425 g/mol. The van der Waals surface area contributed by atoms with E-state index in [0.717, 1.165) is 23.3 Å². The van der Waals surface area contributed by atoms with Gasteiger partial charge in [-0.1, -0.05) is 60.7 Å². The van der Waals surface area contributed by atoms with Crippen LogP contribution in [0.4, 0.5) is 4.79 Å². The van der Waals surface area contributed by atoms with Crippen LogP contribution in [-0.4, -0.2) is 34.2 Å². The lowest BCUT2D eigenvalue weighted by Gasteiger charge is -2.29.